The SMILES string of the molecule is CCCCC(=O)OCOOP(=O)(OCc1ccccc1)OCc1ccccc1. The maximum Gasteiger partial charge on any atom is 0.502 e. The minimum atomic E-state index is -4.04. The second kappa shape index (κ2) is 12.4. The standard InChI is InChI=1S/C20H25O7P/c1-2-3-14-20(21)23-17-24-27-28(22,25-15-18-10-6-4-7-11-18)26-16-19-12-8-5-9-13-19/h4-13H,2-3,14-17H2,1H3. The van der Waals surface area contributed by atoms with Crippen molar-refractivity contribution in [2.75, 3.05) is 6.79 Å². The molecule has 0 aliphatic heterocycles. The molecular weight excluding hydrogens is 383 g/mol. The van der Waals surface area contributed by atoms with E-state index in [1.54, 1.807) is 0 Å². The van der Waals surface area contributed by atoms with Gasteiger partial charge in [0, 0.05) is 6.42 Å². The topological polar surface area (TPSA) is 80.3 Å². The van der Waals surface area contributed by atoms with E-state index in [9.17, 15) is 9.36 Å². The molecule has 0 saturated heterocycles. The number of hydrogen-bond donors (Lipinski definition) is 0. The number of unbranched alkanes of at least 4 members (excludes halogenated alkanes) is 1. The summed E-state index contributed by atoms with van der Waals surface area (Å²) in [5.41, 5.74) is 1.58. The highest BCUT2D eigenvalue weighted by Gasteiger charge is 2.29. The molecule has 0 radical (unpaired) electrons. The normalized spacial score (nSPS) is 11.3. The van der Waals surface area contributed by atoms with Crippen LogP contribution in [0.1, 0.15) is 37.3 Å². The number of benzene rings is 2. The van der Waals surface area contributed by atoms with Crippen molar-refractivity contribution in [3.05, 3.63) is 71.8 Å². The Hall–Kier alpha value is -2.02. The Morgan fingerprint density at radius 2 is 1.43 bits per heavy atom. The predicted octanol–water partition coefficient (Wildman–Crippen LogP) is 5.17. The molecule has 0 spiro atoms. The highest BCUT2D eigenvalue weighted by Crippen LogP contribution is 2.51. The van der Waals surface area contributed by atoms with Gasteiger partial charge in [-0.15, -0.1) is 4.67 Å². The van der Waals surface area contributed by atoms with Gasteiger partial charge in [0.25, 0.3) is 0 Å². The van der Waals surface area contributed by atoms with Crippen LogP contribution in [-0.2, 0) is 45.9 Å². The number of phosphoric ester groups is 1. The number of phosphoric acid groups is 1. The monoisotopic (exact) mass is 408 g/mol. The number of rotatable bonds is 13. The highest BCUT2D eigenvalue weighted by molar-refractivity contribution is 7.48. The average molecular weight is 408 g/mol. The van der Waals surface area contributed by atoms with Crippen molar-refractivity contribution >= 4 is 13.8 Å². The summed E-state index contributed by atoms with van der Waals surface area (Å²) >= 11 is 0. The first kappa shape index (κ1) is 22.3. The molecule has 0 bridgehead atoms. The fourth-order valence-corrected chi connectivity index (χ4v) is 3.05. The smallest absolute Gasteiger partial charge is 0.435 e. The van der Waals surface area contributed by atoms with Gasteiger partial charge in [0.15, 0.2) is 0 Å². The van der Waals surface area contributed by atoms with Crippen LogP contribution in [-0.4, -0.2) is 12.8 Å². The Labute approximate surface area is 165 Å². The third kappa shape index (κ3) is 8.78. The zero-order chi connectivity index (χ0) is 20.1. The van der Waals surface area contributed by atoms with Crippen molar-refractivity contribution in [2.24, 2.45) is 0 Å². The summed E-state index contributed by atoms with van der Waals surface area (Å²) < 4.78 is 33.3. The summed E-state index contributed by atoms with van der Waals surface area (Å²) in [7, 11) is -4.04. The van der Waals surface area contributed by atoms with Crippen molar-refractivity contribution in [1.29, 1.82) is 0 Å². The number of esters is 1. The zero-order valence-corrected chi connectivity index (χ0v) is 16.7. The minimum absolute atomic E-state index is 0.00650. The molecule has 0 saturated carbocycles. The Morgan fingerprint density at radius 1 is 0.893 bits per heavy atom. The molecule has 28 heavy (non-hydrogen) atoms. The van der Waals surface area contributed by atoms with Crippen molar-refractivity contribution < 1.29 is 32.7 Å². The molecule has 0 heterocycles. The molecule has 0 fully saturated rings. The van der Waals surface area contributed by atoms with Crippen molar-refractivity contribution in [1.82, 2.24) is 0 Å². The Morgan fingerprint density at radius 3 is 1.93 bits per heavy atom. The second-order valence-electron chi connectivity index (χ2n) is 5.90. The van der Waals surface area contributed by atoms with Crippen LogP contribution in [0.2, 0.25) is 0 Å². The van der Waals surface area contributed by atoms with E-state index < -0.39 is 20.6 Å². The molecule has 2 aromatic rings. The van der Waals surface area contributed by atoms with Gasteiger partial charge < -0.3 is 4.74 Å². The summed E-state index contributed by atoms with van der Waals surface area (Å²) in [4.78, 5) is 16.2. The van der Waals surface area contributed by atoms with Crippen LogP contribution in [0.15, 0.2) is 60.7 Å². The van der Waals surface area contributed by atoms with Gasteiger partial charge in [-0.2, -0.15) is 4.89 Å². The van der Waals surface area contributed by atoms with Crippen LogP contribution in [0.4, 0.5) is 0 Å². The lowest BCUT2D eigenvalue weighted by atomic mass is 10.2. The Kier molecular flexibility index (Phi) is 9.90. The molecule has 0 atom stereocenters. The van der Waals surface area contributed by atoms with E-state index in [2.05, 4.69) is 0 Å². The molecule has 7 nitrogen and oxygen atoms in total. The van der Waals surface area contributed by atoms with Crippen molar-refractivity contribution in [3.63, 3.8) is 0 Å². The van der Waals surface area contributed by atoms with Gasteiger partial charge in [-0.1, -0.05) is 74.0 Å². The summed E-state index contributed by atoms with van der Waals surface area (Å²) in [5.74, 6) is -0.421. The maximum atomic E-state index is 12.8. The molecule has 152 valence electrons. The molecule has 8 heteroatoms. The second-order valence-corrected chi connectivity index (χ2v) is 7.46. The first-order valence-electron chi connectivity index (χ1n) is 9.05. The van der Waals surface area contributed by atoms with Crippen molar-refractivity contribution in [2.45, 2.75) is 39.4 Å². The Bertz CT molecular complexity index is 689. The van der Waals surface area contributed by atoms with Gasteiger partial charge in [-0.25, -0.2) is 4.57 Å². The van der Waals surface area contributed by atoms with Crippen LogP contribution < -0.4 is 0 Å². The molecule has 0 aliphatic rings. The van der Waals surface area contributed by atoms with Crippen LogP contribution >= 0.6 is 7.82 Å². The molecule has 0 unspecified atom stereocenters. The van der Waals surface area contributed by atoms with E-state index in [4.69, 9.17) is 23.3 Å². The summed E-state index contributed by atoms with van der Waals surface area (Å²) in [5, 5.41) is 0. The van der Waals surface area contributed by atoms with E-state index in [-0.39, 0.29) is 19.6 Å². The first-order chi connectivity index (χ1) is 13.6. The van der Waals surface area contributed by atoms with Crippen LogP contribution in [0.5, 0.6) is 0 Å². The quantitative estimate of drug-likeness (QED) is 0.113. The molecular formula is C20H25O7P. The Balaban J connectivity index is 1.87. The van der Waals surface area contributed by atoms with Crippen LogP contribution in [0, 0.1) is 0 Å². The molecule has 2 aromatic carbocycles. The van der Waals surface area contributed by atoms with E-state index in [0.717, 1.165) is 24.0 Å². The number of carbonyl (C=O) groups excluding carboxylic acids is 1. The van der Waals surface area contributed by atoms with E-state index in [1.807, 2.05) is 67.6 Å². The lowest BCUT2D eigenvalue weighted by Gasteiger charge is -2.17. The fraction of sp³-hybridized carbons (Fsp3) is 0.350. The van der Waals surface area contributed by atoms with Gasteiger partial charge >= 0.3 is 13.8 Å². The predicted molar refractivity (Wildman–Crippen MR) is 103 cm³/mol. The largest absolute Gasteiger partial charge is 0.502 e. The number of hydrogen-bond acceptors (Lipinski definition) is 7. The first-order valence-corrected chi connectivity index (χ1v) is 10.5. The van der Waals surface area contributed by atoms with Gasteiger partial charge in [0.05, 0.1) is 13.2 Å². The number of carbonyl (C=O) groups is 1. The van der Waals surface area contributed by atoms with E-state index in [0.29, 0.717) is 0 Å². The van der Waals surface area contributed by atoms with E-state index in [1.165, 1.54) is 0 Å². The minimum Gasteiger partial charge on any atom is -0.435 e. The molecule has 0 aliphatic carbocycles. The molecule has 2 rings (SSSR count). The fourth-order valence-electron chi connectivity index (χ4n) is 2.11. The molecule has 0 aromatic heterocycles. The summed E-state index contributed by atoms with van der Waals surface area (Å²) in [6.45, 7) is 1.48. The van der Waals surface area contributed by atoms with Gasteiger partial charge in [0.2, 0.25) is 6.79 Å². The van der Waals surface area contributed by atoms with Gasteiger partial charge in [0.1, 0.15) is 0 Å². The third-order valence-corrected chi connectivity index (χ3v) is 4.79. The summed E-state index contributed by atoms with van der Waals surface area (Å²) in [6, 6.07) is 18.3. The third-order valence-electron chi connectivity index (χ3n) is 3.61. The summed E-state index contributed by atoms with van der Waals surface area (Å²) in [6.07, 6.45) is 1.88. The molecule has 0 N–H and O–H groups in total. The lowest BCUT2D eigenvalue weighted by Crippen LogP contribution is -2.09. The average Bonchev–Trinajstić information content (AvgIpc) is 2.74. The number of ether oxygens (including phenoxy) is 1. The van der Waals surface area contributed by atoms with E-state index >= 15 is 0 Å². The highest BCUT2D eigenvalue weighted by atomic mass is 31.2. The van der Waals surface area contributed by atoms with Gasteiger partial charge in [-0.05, 0) is 17.5 Å². The van der Waals surface area contributed by atoms with Gasteiger partial charge in [-0.3, -0.25) is 13.8 Å². The van der Waals surface area contributed by atoms with Crippen LogP contribution in [0.3, 0.4) is 0 Å². The lowest BCUT2D eigenvalue weighted by molar-refractivity contribution is -0.275. The molecule has 0 amide bonds. The van der Waals surface area contributed by atoms with Crippen molar-refractivity contribution in [3.8, 4) is 0 Å². The zero-order valence-electron chi connectivity index (χ0n) is 15.8. The van der Waals surface area contributed by atoms with Crippen LogP contribution in [0.25, 0.3) is 0 Å². The maximum absolute atomic E-state index is 12.8.